The summed E-state index contributed by atoms with van der Waals surface area (Å²) in [7, 11) is 0. The van der Waals surface area contributed by atoms with E-state index in [1.54, 1.807) is 24.5 Å². The van der Waals surface area contributed by atoms with Crippen LogP contribution in [0.5, 0.6) is 0 Å². The van der Waals surface area contributed by atoms with Crippen molar-refractivity contribution in [2.45, 2.75) is 25.7 Å². The third-order valence-corrected chi connectivity index (χ3v) is 4.25. The van der Waals surface area contributed by atoms with Gasteiger partial charge in [0.05, 0.1) is 19.8 Å². The Hall–Kier alpha value is -2.74. The molecule has 0 bridgehead atoms. The molecule has 1 fully saturated rings. The lowest BCUT2D eigenvalue weighted by molar-refractivity contribution is -0.134. The Bertz CT molecular complexity index is 658. The molecular formula is C19H29N7O3. The Labute approximate surface area is 171 Å². The first kappa shape index (κ1) is 22.5. The van der Waals surface area contributed by atoms with E-state index in [0.29, 0.717) is 25.5 Å². The number of aromatic nitrogens is 1. The summed E-state index contributed by atoms with van der Waals surface area (Å²) in [6.45, 7) is 5.13. The number of rotatable bonds is 11. The predicted molar refractivity (Wildman–Crippen MR) is 109 cm³/mol. The van der Waals surface area contributed by atoms with Crippen LogP contribution in [0, 0.1) is 11.5 Å². The average molecular weight is 403 g/mol. The maximum Gasteiger partial charge on any atom is 0.243 e. The summed E-state index contributed by atoms with van der Waals surface area (Å²) in [5, 5.41) is 14.4. The summed E-state index contributed by atoms with van der Waals surface area (Å²) in [5.74, 6) is 0.284. The highest BCUT2D eigenvalue weighted by atomic mass is 16.7. The topological polar surface area (TPSA) is 124 Å². The fourth-order valence-electron chi connectivity index (χ4n) is 2.68. The molecule has 1 aromatic heterocycles. The van der Waals surface area contributed by atoms with Gasteiger partial charge in [-0.2, -0.15) is 5.26 Å². The molecule has 10 heteroatoms. The van der Waals surface area contributed by atoms with Crippen LogP contribution in [0.4, 0.5) is 5.69 Å². The van der Waals surface area contributed by atoms with E-state index in [1.165, 1.54) is 0 Å². The summed E-state index contributed by atoms with van der Waals surface area (Å²) in [5.41, 5.74) is 3.29. The van der Waals surface area contributed by atoms with Crippen molar-refractivity contribution in [3.05, 3.63) is 24.5 Å². The molecule has 2 rings (SSSR count). The highest BCUT2D eigenvalue weighted by Crippen LogP contribution is 2.04. The first-order chi connectivity index (χ1) is 14.3. The molecule has 1 aromatic rings. The number of nitrogens with one attached hydrogen (secondary N) is 3. The molecule has 0 spiro atoms. The average Bonchev–Trinajstić information content (AvgIpc) is 2.75. The van der Waals surface area contributed by atoms with E-state index in [2.05, 4.69) is 31.0 Å². The molecule has 3 N–H and O–H groups in total. The summed E-state index contributed by atoms with van der Waals surface area (Å²) >= 11 is 0. The van der Waals surface area contributed by atoms with Crippen molar-refractivity contribution < 1.29 is 14.4 Å². The Kier molecular flexibility index (Phi) is 11.1. The fraction of sp³-hybridized carbons (Fsp3) is 0.579. The molecule has 2 heterocycles. The third kappa shape index (κ3) is 10.4. The van der Waals surface area contributed by atoms with Gasteiger partial charge in [0.1, 0.15) is 0 Å². The summed E-state index contributed by atoms with van der Waals surface area (Å²) in [6, 6.07) is 3.58. The lowest BCUT2D eigenvalue weighted by Gasteiger charge is -2.26. The van der Waals surface area contributed by atoms with E-state index in [9.17, 15) is 4.79 Å². The van der Waals surface area contributed by atoms with Gasteiger partial charge in [0.25, 0.3) is 0 Å². The number of anilines is 1. The third-order valence-electron chi connectivity index (χ3n) is 4.25. The first-order valence-electron chi connectivity index (χ1n) is 9.85. The van der Waals surface area contributed by atoms with E-state index in [4.69, 9.17) is 14.8 Å². The maximum absolute atomic E-state index is 11.8. The van der Waals surface area contributed by atoms with Crippen LogP contribution in [0.25, 0.3) is 0 Å². The minimum absolute atomic E-state index is 0.110. The second-order valence-corrected chi connectivity index (χ2v) is 6.47. The highest BCUT2D eigenvalue weighted by molar-refractivity contribution is 5.94. The van der Waals surface area contributed by atoms with Crippen molar-refractivity contribution in [1.29, 1.82) is 5.26 Å². The number of unbranched alkanes of at least 4 members (excludes halogenated alkanes) is 2. The van der Waals surface area contributed by atoms with Crippen molar-refractivity contribution >= 4 is 17.6 Å². The van der Waals surface area contributed by atoms with Gasteiger partial charge in [0.2, 0.25) is 11.9 Å². The summed E-state index contributed by atoms with van der Waals surface area (Å²) < 4.78 is 5.28. The molecule has 0 aliphatic carbocycles. The quantitative estimate of drug-likeness (QED) is 0.124. The number of guanidine groups is 1. The lowest BCUT2D eigenvalue weighted by Crippen LogP contribution is -2.39. The number of hydroxylamine groups is 1. The molecule has 1 saturated heterocycles. The zero-order valence-corrected chi connectivity index (χ0v) is 16.6. The number of pyridine rings is 1. The fourth-order valence-corrected chi connectivity index (χ4v) is 2.68. The number of ether oxygens (including phenoxy) is 1. The maximum atomic E-state index is 11.8. The number of carbonyl (C=O) groups is 1. The van der Waals surface area contributed by atoms with Gasteiger partial charge in [-0.15, -0.1) is 0 Å². The minimum Gasteiger partial charge on any atom is -0.379 e. The summed E-state index contributed by atoms with van der Waals surface area (Å²) in [6.07, 6.45) is 8.03. The van der Waals surface area contributed by atoms with E-state index in [0.717, 1.165) is 57.8 Å². The van der Waals surface area contributed by atoms with E-state index in [1.807, 2.05) is 6.19 Å². The van der Waals surface area contributed by atoms with Gasteiger partial charge in [-0.25, -0.2) is 5.48 Å². The van der Waals surface area contributed by atoms with Gasteiger partial charge in [0, 0.05) is 50.7 Å². The van der Waals surface area contributed by atoms with Crippen molar-refractivity contribution in [3.8, 4) is 6.19 Å². The van der Waals surface area contributed by atoms with Gasteiger partial charge in [-0.05, 0) is 25.0 Å². The van der Waals surface area contributed by atoms with Crippen molar-refractivity contribution in [1.82, 2.24) is 20.7 Å². The Balaban J connectivity index is 1.50. The van der Waals surface area contributed by atoms with Gasteiger partial charge in [-0.1, -0.05) is 6.42 Å². The number of hydrogen-bond acceptors (Lipinski definition) is 7. The minimum atomic E-state index is -0.110. The highest BCUT2D eigenvalue weighted by Gasteiger charge is 2.09. The predicted octanol–water partition coefficient (Wildman–Crippen LogP) is 0.861. The number of carbonyl (C=O) groups excluding carboxylic acids is 1. The lowest BCUT2D eigenvalue weighted by atomic mass is 10.2. The van der Waals surface area contributed by atoms with Crippen LogP contribution in [0.3, 0.4) is 0 Å². The molecule has 0 saturated carbocycles. The van der Waals surface area contributed by atoms with Crippen molar-refractivity contribution in [2.75, 3.05) is 51.3 Å². The van der Waals surface area contributed by atoms with E-state index >= 15 is 0 Å². The molecule has 0 aromatic carbocycles. The molecule has 1 aliphatic rings. The molecule has 1 aliphatic heterocycles. The van der Waals surface area contributed by atoms with Crippen LogP contribution in [0.1, 0.15) is 25.7 Å². The van der Waals surface area contributed by atoms with Gasteiger partial charge in [0.15, 0.2) is 6.19 Å². The van der Waals surface area contributed by atoms with E-state index in [-0.39, 0.29) is 5.91 Å². The van der Waals surface area contributed by atoms with Crippen LogP contribution < -0.4 is 16.1 Å². The number of aliphatic imine (C=N–C) groups is 1. The van der Waals surface area contributed by atoms with Crippen LogP contribution in [-0.4, -0.2) is 67.8 Å². The molecule has 158 valence electrons. The van der Waals surface area contributed by atoms with Gasteiger partial charge in [-0.3, -0.25) is 29.8 Å². The van der Waals surface area contributed by atoms with Crippen LogP contribution >= 0.6 is 0 Å². The van der Waals surface area contributed by atoms with Crippen LogP contribution in [0.2, 0.25) is 0 Å². The monoisotopic (exact) mass is 403 g/mol. The van der Waals surface area contributed by atoms with Crippen LogP contribution in [-0.2, 0) is 14.4 Å². The molecule has 0 radical (unpaired) electrons. The number of nitrogens with zero attached hydrogens (tertiary/aromatic N) is 4. The molecule has 10 nitrogen and oxygen atoms in total. The second kappa shape index (κ2) is 14.3. The van der Waals surface area contributed by atoms with Crippen molar-refractivity contribution in [2.24, 2.45) is 4.99 Å². The molecule has 29 heavy (non-hydrogen) atoms. The Morgan fingerprint density at radius 2 is 2.07 bits per heavy atom. The normalized spacial score (nSPS) is 14.8. The molecule has 0 atom stereocenters. The zero-order chi connectivity index (χ0) is 20.6. The number of amides is 1. The second-order valence-electron chi connectivity index (χ2n) is 6.47. The number of morpholine rings is 1. The Morgan fingerprint density at radius 1 is 1.28 bits per heavy atom. The largest absolute Gasteiger partial charge is 0.379 e. The smallest absolute Gasteiger partial charge is 0.243 e. The SMILES string of the molecule is N#CNC(=NCCCCCC(=O)NOCCN1CCOCC1)Nc1ccncc1. The molecular weight excluding hydrogens is 374 g/mol. The van der Waals surface area contributed by atoms with Crippen LogP contribution in [0.15, 0.2) is 29.5 Å². The molecule has 1 amide bonds. The number of nitriles is 1. The van der Waals surface area contributed by atoms with Gasteiger partial charge >= 0.3 is 0 Å². The molecule has 0 unspecified atom stereocenters. The van der Waals surface area contributed by atoms with Gasteiger partial charge < -0.3 is 10.1 Å². The standard InChI is InChI=1S/C19H29N7O3/c20-16-23-19(24-17-5-8-21-9-6-17)22-7-3-1-2-4-18(27)25-29-15-12-26-10-13-28-14-11-26/h5-6,8-9H,1-4,7,10-15H2,(H,25,27)(H2,21,22,23,24). The van der Waals surface area contributed by atoms with Crippen molar-refractivity contribution in [3.63, 3.8) is 0 Å². The Morgan fingerprint density at radius 3 is 2.83 bits per heavy atom. The zero-order valence-electron chi connectivity index (χ0n) is 16.6. The summed E-state index contributed by atoms with van der Waals surface area (Å²) in [4.78, 5) is 27.5. The number of hydrogen-bond donors (Lipinski definition) is 3. The first-order valence-corrected chi connectivity index (χ1v) is 9.85. The van der Waals surface area contributed by atoms with E-state index < -0.39 is 0 Å².